The van der Waals surface area contributed by atoms with Crippen LogP contribution < -0.4 is 0 Å². The average Bonchev–Trinajstić information content (AvgIpc) is 2.67. The van der Waals surface area contributed by atoms with E-state index >= 15 is 0 Å². The van der Waals surface area contributed by atoms with Crippen LogP contribution in [0, 0.1) is 0 Å². The van der Waals surface area contributed by atoms with E-state index in [1.54, 1.807) is 0 Å². The van der Waals surface area contributed by atoms with Gasteiger partial charge in [0.2, 0.25) is 0 Å². The third-order valence-corrected chi connectivity index (χ3v) is 4.65. The Bertz CT molecular complexity index is 760. The van der Waals surface area contributed by atoms with Gasteiger partial charge in [0.05, 0.1) is 12.7 Å². The minimum Gasteiger partial charge on any atom is -0.504 e. The molecular weight excluding hydrogens is 384 g/mol. The summed E-state index contributed by atoms with van der Waals surface area (Å²) < 4.78 is 10.1. The maximum atomic E-state index is 12.2. The molecule has 160 valence electrons. The van der Waals surface area contributed by atoms with Gasteiger partial charge in [-0.1, -0.05) is 19.4 Å². The molecule has 0 saturated heterocycles. The molecule has 1 aliphatic carbocycles. The first-order chi connectivity index (χ1) is 13.7. The van der Waals surface area contributed by atoms with Crippen LogP contribution in [0.1, 0.15) is 38.2 Å². The lowest BCUT2D eigenvalue weighted by molar-refractivity contribution is -0.200. The van der Waals surface area contributed by atoms with Crippen molar-refractivity contribution in [1.82, 2.24) is 0 Å². The van der Waals surface area contributed by atoms with E-state index in [0.717, 1.165) is 12.5 Å². The van der Waals surface area contributed by atoms with Gasteiger partial charge in [-0.05, 0) is 30.2 Å². The van der Waals surface area contributed by atoms with Gasteiger partial charge in [-0.25, -0.2) is 9.59 Å². The maximum Gasteiger partial charge on any atom is 0.338 e. The van der Waals surface area contributed by atoms with Gasteiger partial charge in [-0.2, -0.15) is 0 Å². The highest BCUT2D eigenvalue weighted by atomic mass is 16.6. The van der Waals surface area contributed by atoms with Crippen molar-refractivity contribution in [1.29, 1.82) is 0 Å². The molecule has 0 radical (unpaired) electrons. The van der Waals surface area contributed by atoms with Crippen molar-refractivity contribution in [2.75, 3.05) is 6.61 Å². The van der Waals surface area contributed by atoms with E-state index in [9.17, 15) is 35.1 Å². The summed E-state index contributed by atoms with van der Waals surface area (Å²) in [4.78, 5) is 24.3. The van der Waals surface area contributed by atoms with Gasteiger partial charge in [-0.15, -0.1) is 0 Å². The van der Waals surface area contributed by atoms with E-state index in [0.29, 0.717) is 12.0 Å². The van der Waals surface area contributed by atoms with Crippen molar-refractivity contribution in [2.45, 2.75) is 56.5 Å². The molecule has 1 fully saturated rings. The predicted octanol–water partition coefficient (Wildman–Crippen LogP) is 0.613. The summed E-state index contributed by atoms with van der Waals surface area (Å²) in [5, 5.41) is 49.4. The molecular formula is C20H26O9. The van der Waals surface area contributed by atoms with Crippen molar-refractivity contribution in [3.63, 3.8) is 0 Å². The van der Waals surface area contributed by atoms with E-state index in [4.69, 9.17) is 9.47 Å². The van der Waals surface area contributed by atoms with Crippen LogP contribution in [0.5, 0.6) is 11.5 Å². The molecule has 0 bridgehead atoms. The number of esters is 2. The first-order valence-electron chi connectivity index (χ1n) is 9.32. The topological polar surface area (TPSA) is 154 Å². The standard InChI is InChI=1S/C20H26O9/c1-2-3-8-28-19(26)20(27)10-15(23)18(25)16(11-20)29-17(24)7-5-12-4-6-13(21)14(22)9-12/h4-7,9,15-16,18,21-23,25,27H,2-3,8,10-11H2,1H3/b7-5-/t15-,16+,18+,20+/m0/s1. The monoisotopic (exact) mass is 410 g/mol. The molecule has 0 spiro atoms. The van der Waals surface area contributed by atoms with Crippen molar-refractivity contribution in [2.24, 2.45) is 0 Å². The molecule has 9 heteroatoms. The van der Waals surface area contributed by atoms with Gasteiger partial charge in [0.15, 0.2) is 17.1 Å². The Morgan fingerprint density at radius 3 is 2.59 bits per heavy atom. The molecule has 0 aromatic heterocycles. The van der Waals surface area contributed by atoms with Crippen LogP contribution in [0.25, 0.3) is 6.08 Å². The summed E-state index contributed by atoms with van der Waals surface area (Å²) in [6.07, 6.45) is -1.42. The van der Waals surface area contributed by atoms with Crippen LogP contribution >= 0.6 is 0 Å². The smallest absolute Gasteiger partial charge is 0.338 e. The summed E-state index contributed by atoms with van der Waals surface area (Å²) in [5.41, 5.74) is -1.68. The second-order valence-corrected chi connectivity index (χ2v) is 7.04. The lowest BCUT2D eigenvalue weighted by Gasteiger charge is -2.39. The molecule has 29 heavy (non-hydrogen) atoms. The fourth-order valence-corrected chi connectivity index (χ4v) is 2.97. The van der Waals surface area contributed by atoms with Crippen LogP contribution in [0.3, 0.4) is 0 Å². The number of aliphatic hydroxyl groups is 3. The Balaban J connectivity index is 2.03. The minimum absolute atomic E-state index is 0.114. The highest BCUT2D eigenvalue weighted by Gasteiger charge is 2.51. The van der Waals surface area contributed by atoms with Crippen LogP contribution in [0.15, 0.2) is 24.3 Å². The number of rotatable bonds is 7. The molecule has 1 aromatic carbocycles. The predicted molar refractivity (Wildman–Crippen MR) is 101 cm³/mol. The number of ether oxygens (including phenoxy) is 2. The molecule has 5 N–H and O–H groups in total. The van der Waals surface area contributed by atoms with Crippen molar-refractivity contribution in [3.05, 3.63) is 29.8 Å². The zero-order chi connectivity index (χ0) is 21.6. The number of phenols is 2. The molecule has 0 aliphatic heterocycles. The molecule has 0 amide bonds. The number of carbonyl (C=O) groups is 2. The molecule has 9 nitrogen and oxygen atoms in total. The Labute approximate surface area is 167 Å². The van der Waals surface area contributed by atoms with Gasteiger partial charge in [0.25, 0.3) is 0 Å². The number of aliphatic hydroxyl groups excluding tert-OH is 2. The Kier molecular flexibility index (Phi) is 7.60. The third-order valence-electron chi connectivity index (χ3n) is 4.65. The normalized spacial score (nSPS) is 27.0. The van der Waals surface area contributed by atoms with Crippen LogP contribution in [-0.4, -0.2) is 68.0 Å². The first kappa shape index (κ1) is 22.7. The lowest BCUT2D eigenvalue weighted by atomic mass is 9.79. The molecule has 1 aromatic rings. The Hall–Kier alpha value is -2.62. The summed E-state index contributed by atoms with van der Waals surface area (Å²) in [5.74, 6) is -2.50. The lowest BCUT2D eigenvalue weighted by Crippen LogP contribution is -2.57. The number of benzene rings is 1. The van der Waals surface area contributed by atoms with Gasteiger partial charge in [-0.3, -0.25) is 0 Å². The van der Waals surface area contributed by atoms with Gasteiger partial charge < -0.3 is 35.0 Å². The van der Waals surface area contributed by atoms with Crippen LogP contribution in [-0.2, 0) is 19.1 Å². The summed E-state index contributed by atoms with van der Waals surface area (Å²) in [6, 6.07) is 3.92. The number of carbonyl (C=O) groups excluding carboxylic acids is 2. The Morgan fingerprint density at radius 1 is 1.21 bits per heavy atom. The Morgan fingerprint density at radius 2 is 1.93 bits per heavy atom. The number of hydrogen-bond acceptors (Lipinski definition) is 9. The SMILES string of the molecule is CCCCOC(=O)[C@@]1(O)C[C@H](O)[C@@H](O)[C@H](OC(=O)/C=C\c2ccc(O)c(O)c2)C1. The first-order valence-corrected chi connectivity index (χ1v) is 9.32. The fraction of sp³-hybridized carbons (Fsp3) is 0.500. The van der Waals surface area contributed by atoms with Gasteiger partial charge in [0, 0.05) is 18.9 Å². The van der Waals surface area contributed by atoms with E-state index in [1.165, 1.54) is 24.3 Å². The highest BCUT2D eigenvalue weighted by Crippen LogP contribution is 2.32. The molecule has 1 aliphatic rings. The fourth-order valence-electron chi connectivity index (χ4n) is 2.97. The summed E-state index contributed by atoms with van der Waals surface area (Å²) >= 11 is 0. The minimum atomic E-state index is -2.08. The zero-order valence-corrected chi connectivity index (χ0v) is 16.0. The molecule has 2 rings (SSSR count). The number of aromatic hydroxyl groups is 2. The second kappa shape index (κ2) is 9.73. The van der Waals surface area contributed by atoms with Crippen molar-refractivity contribution in [3.8, 4) is 11.5 Å². The quantitative estimate of drug-likeness (QED) is 0.188. The van der Waals surface area contributed by atoms with E-state index in [-0.39, 0.29) is 18.1 Å². The average molecular weight is 410 g/mol. The molecule has 1 saturated carbocycles. The van der Waals surface area contributed by atoms with Crippen LogP contribution in [0.2, 0.25) is 0 Å². The van der Waals surface area contributed by atoms with E-state index in [1.807, 2.05) is 6.92 Å². The van der Waals surface area contributed by atoms with Gasteiger partial charge in [0.1, 0.15) is 12.2 Å². The van der Waals surface area contributed by atoms with E-state index < -0.39 is 48.7 Å². The largest absolute Gasteiger partial charge is 0.504 e. The van der Waals surface area contributed by atoms with Crippen LogP contribution in [0.4, 0.5) is 0 Å². The van der Waals surface area contributed by atoms with Gasteiger partial charge >= 0.3 is 11.9 Å². The summed E-state index contributed by atoms with van der Waals surface area (Å²) in [7, 11) is 0. The summed E-state index contributed by atoms with van der Waals surface area (Å²) in [6.45, 7) is 2.02. The second-order valence-electron chi connectivity index (χ2n) is 7.04. The van der Waals surface area contributed by atoms with E-state index in [2.05, 4.69) is 0 Å². The number of unbranched alkanes of at least 4 members (excludes halogenated alkanes) is 1. The van der Waals surface area contributed by atoms with Crippen molar-refractivity contribution < 1.29 is 44.6 Å². The third kappa shape index (κ3) is 5.93. The number of hydrogen-bond donors (Lipinski definition) is 5. The number of phenolic OH excluding ortho intramolecular Hbond substituents is 2. The molecule has 0 heterocycles. The highest BCUT2D eigenvalue weighted by molar-refractivity contribution is 5.87. The molecule has 4 atom stereocenters. The maximum absolute atomic E-state index is 12.2. The van der Waals surface area contributed by atoms with Crippen molar-refractivity contribution >= 4 is 18.0 Å². The molecule has 0 unspecified atom stereocenters. The zero-order valence-electron chi connectivity index (χ0n) is 16.0.